The van der Waals surface area contributed by atoms with Gasteiger partial charge in [-0.3, -0.25) is 0 Å². The Bertz CT molecular complexity index is 502. The van der Waals surface area contributed by atoms with Crippen LogP contribution in [-0.2, 0) is 0 Å². The molecule has 0 aromatic carbocycles. The smallest absolute Gasteiger partial charge is 0.100 e. The maximum absolute atomic E-state index is 2.63. The van der Waals surface area contributed by atoms with E-state index in [1.807, 2.05) is 0 Å². The minimum Gasteiger partial charge on any atom is -0.359 e. The molecule has 0 amide bonds. The average molecular weight is 547 g/mol. The van der Waals surface area contributed by atoms with Gasteiger partial charge >= 0.3 is 0 Å². The van der Waals surface area contributed by atoms with E-state index in [1.54, 1.807) is 0 Å². The fraction of sp³-hybridized carbons (Fsp3) is 0.946. The summed E-state index contributed by atoms with van der Waals surface area (Å²) in [5.74, 6) is 0. The third-order valence-electron chi connectivity index (χ3n) is 9.18. The molecule has 0 aromatic rings. The molecule has 0 bridgehead atoms. The quantitative estimate of drug-likeness (QED) is 0.0798. The van der Waals surface area contributed by atoms with Gasteiger partial charge in [0.15, 0.2) is 0 Å². The summed E-state index contributed by atoms with van der Waals surface area (Å²) in [5, 5.41) is 0. The maximum Gasteiger partial charge on any atom is 0.100 e. The zero-order chi connectivity index (χ0) is 28.1. The second kappa shape index (κ2) is 28.9. The number of unbranched alkanes of at least 4 members (excludes halogenated alkanes) is 27. The first-order chi connectivity index (χ1) is 19.3. The molecule has 1 unspecified atom stereocenters. The molecule has 0 radical (unpaired) electrons. The normalized spacial score (nSPS) is 15.2. The highest BCUT2D eigenvalue weighted by Crippen LogP contribution is 2.22. The van der Waals surface area contributed by atoms with Crippen molar-refractivity contribution in [2.24, 2.45) is 0 Å². The van der Waals surface area contributed by atoms with Crippen LogP contribution in [-0.4, -0.2) is 29.6 Å². The number of hydrogen-bond acceptors (Lipinski definition) is 2. The van der Waals surface area contributed by atoms with E-state index in [0.717, 1.165) is 0 Å². The summed E-state index contributed by atoms with van der Waals surface area (Å²) in [7, 11) is 2.27. The SMILES string of the molecule is CCCCCCCCCCCCCCCCCCN1C=CN(C)C1CCCCCCCCCCCCCCC. The van der Waals surface area contributed by atoms with E-state index in [4.69, 9.17) is 0 Å². The van der Waals surface area contributed by atoms with Crippen LogP contribution in [0, 0.1) is 0 Å². The van der Waals surface area contributed by atoms with Gasteiger partial charge in [0.1, 0.15) is 6.17 Å². The summed E-state index contributed by atoms with van der Waals surface area (Å²) < 4.78 is 0. The Hall–Kier alpha value is -0.660. The Morgan fingerprint density at radius 3 is 1.05 bits per heavy atom. The molecule has 0 saturated carbocycles. The Morgan fingerprint density at radius 2 is 0.692 bits per heavy atom. The lowest BCUT2D eigenvalue weighted by Crippen LogP contribution is -2.37. The molecule has 1 rings (SSSR count). The van der Waals surface area contributed by atoms with Gasteiger partial charge < -0.3 is 9.80 Å². The van der Waals surface area contributed by atoms with Gasteiger partial charge in [0, 0.05) is 26.0 Å². The lowest BCUT2D eigenvalue weighted by Gasteiger charge is -2.30. The van der Waals surface area contributed by atoms with E-state index >= 15 is 0 Å². The van der Waals surface area contributed by atoms with E-state index in [2.05, 4.69) is 43.1 Å². The summed E-state index contributed by atoms with van der Waals surface area (Å²) >= 11 is 0. The number of hydrogen-bond donors (Lipinski definition) is 0. The molecule has 232 valence electrons. The van der Waals surface area contributed by atoms with Crippen LogP contribution in [0.5, 0.6) is 0 Å². The van der Waals surface area contributed by atoms with Crippen molar-refractivity contribution in [1.82, 2.24) is 9.80 Å². The monoisotopic (exact) mass is 547 g/mol. The molecule has 0 aromatic heterocycles. The molecule has 0 spiro atoms. The van der Waals surface area contributed by atoms with Gasteiger partial charge in [-0.1, -0.05) is 187 Å². The van der Waals surface area contributed by atoms with Gasteiger partial charge in [0.05, 0.1) is 0 Å². The fourth-order valence-corrected chi connectivity index (χ4v) is 6.40. The Balaban J connectivity index is 1.86. The van der Waals surface area contributed by atoms with Gasteiger partial charge in [0.2, 0.25) is 0 Å². The number of rotatable bonds is 31. The molecule has 0 fully saturated rings. The van der Waals surface area contributed by atoms with Gasteiger partial charge in [0.25, 0.3) is 0 Å². The van der Waals surface area contributed by atoms with Crippen molar-refractivity contribution in [3.63, 3.8) is 0 Å². The van der Waals surface area contributed by atoms with Crippen LogP contribution in [0.3, 0.4) is 0 Å². The van der Waals surface area contributed by atoms with Crippen molar-refractivity contribution in [2.75, 3.05) is 13.6 Å². The fourth-order valence-electron chi connectivity index (χ4n) is 6.40. The van der Waals surface area contributed by atoms with E-state index < -0.39 is 0 Å². The molecular formula is C37H74N2. The van der Waals surface area contributed by atoms with Gasteiger partial charge in [-0.15, -0.1) is 0 Å². The van der Waals surface area contributed by atoms with Crippen LogP contribution in [0.2, 0.25) is 0 Å². The summed E-state index contributed by atoms with van der Waals surface area (Å²) in [6, 6.07) is 0. The topological polar surface area (TPSA) is 6.48 Å². The second-order valence-corrected chi connectivity index (χ2v) is 13.0. The Morgan fingerprint density at radius 1 is 0.385 bits per heavy atom. The van der Waals surface area contributed by atoms with E-state index in [9.17, 15) is 0 Å². The third-order valence-corrected chi connectivity index (χ3v) is 9.18. The summed E-state index contributed by atoms with van der Waals surface area (Å²) in [5.41, 5.74) is 0. The molecule has 0 saturated heterocycles. The minimum atomic E-state index is 0.619. The largest absolute Gasteiger partial charge is 0.359 e. The minimum absolute atomic E-state index is 0.619. The third kappa shape index (κ3) is 22.7. The first kappa shape index (κ1) is 36.4. The highest BCUT2D eigenvalue weighted by Gasteiger charge is 2.22. The Kier molecular flexibility index (Phi) is 26.9. The zero-order valence-electron chi connectivity index (χ0n) is 27.5. The van der Waals surface area contributed by atoms with Crippen molar-refractivity contribution in [3.8, 4) is 0 Å². The summed E-state index contributed by atoms with van der Waals surface area (Å²) in [6.07, 6.45) is 48.6. The van der Waals surface area contributed by atoms with Crippen LogP contribution in [0.25, 0.3) is 0 Å². The van der Waals surface area contributed by atoms with Gasteiger partial charge in [-0.05, 0) is 19.3 Å². The van der Waals surface area contributed by atoms with Crippen molar-refractivity contribution in [2.45, 2.75) is 213 Å². The molecule has 2 heteroatoms. The predicted octanol–water partition coefficient (Wildman–Crippen LogP) is 12.8. The molecule has 2 nitrogen and oxygen atoms in total. The molecule has 1 aliphatic rings. The van der Waals surface area contributed by atoms with Crippen molar-refractivity contribution in [1.29, 1.82) is 0 Å². The number of nitrogens with zero attached hydrogens (tertiary/aromatic N) is 2. The molecule has 1 heterocycles. The van der Waals surface area contributed by atoms with Crippen LogP contribution in [0.15, 0.2) is 12.4 Å². The summed E-state index contributed by atoms with van der Waals surface area (Å²) in [6.45, 7) is 5.87. The first-order valence-corrected chi connectivity index (χ1v) is 18.5. The van der Waals surface area contributed by atoms with Crippen molar-refractivity contribution >= 4 is 0 Å². The highest BCUT2D eigenvalue weighted by molar-refractivity contribution is 4.95. The molecular weight excluding hydrogens is 472 g/mol. The van der Waals surface area contributed by atoms with Gasteiger partial charge in [-0.25, -0.2) is 0 Å². The van der Waals surface area contributed by atoms with Crippen LogP contribution >= 0.6 is 0 Å². The van der Waals surface area contributed by atoms with Crippen LogP contribution in [0.1, 0.15) is 206 Å². The van der Waals surface area contributed by atoms with Crippen LogP contribution in [0.4, 0.5) is 0 Å². The lowest BCUT2D eigenvalue weighted by atomic mass is 10.0. The van der Waals surface area contributed by atoms with E-state index in [1.165, 1.54) is 199 Å². The second-order valence-electron chi connectivity index (χ2n) is 13.0. The predicted molar refractivity (Wildman–Crippen MR) is 177 cm³/mol. The summed E-state index contributed by atoms with van der Waals surface area (Å²) in [4.78, 5) is 5.08. The molecule has 39 heavy (non-hydrogen) atoms. The van der Waals surface area contributed by atoms with E-state index in [-0.39, 0.29) is 0 Å². The first-order valence-electron chi connectivity index (χ1n) is 18.5. The standard InChI is InChI=1S/C37H74N2/c1-4-6-8-10-12-14-16-18-19-20-22-24-26-28-30-32-34-39-36-35-38(3)37(39)33-31-29-27-25-23-21-17-15-13-11-9-7-5-2/h35-37H,4-34H2,1-3H3. The lowest BCUT2D eigenvalue weighted by molar-refractivity contribution is 0.159. The average Bonchev–Trinajstić information content (AvgIpc) is 3.29. The van der Waals surface area contributed by atoms with Crippen molar-refractivity contribution < 1.29 is 0 Å². The zero-order valence-corrected chi connectivity index (χ0v) is 27.5. The highest BCUT2D eigenvalue weighted by atomic mass is 15.4. The van der Waals surface area contributed by atoms with Gasteiger partial charge in [-0.2, -0.15) is 0 Å². The van der Waals surface area contributed by atoms with Crippen molar-refractivity contribution in [3.05, 3.63) is 12.4 Å². The Labute approximate surface area is 248 Å². The van der Waals surface area contributed by atoms with E-state index in [0.29, 0.717) is 6.17 Å². The van der Waals surface area contributed by atoms with Crippen LogP contribution < -0.4 is 0 Å². The molecule has 1 aliphatic heterocycles. The molecule has 0 aliphatic carbocycles. The maximum atomic E-state index is 2.63. The molecule has 0 N–H and O–H groups in total. The molecule has 1 atom stereocenters.